The largest absolute Gasteiger partial charge is 0.357 e. The van der Waals surface area contributed by atoms with E-state index in [0.717, 1.165) is 57.9 Å². The highest BCUT2D eigenvalue weighted by atomic mass is 15.3. The van der Waals surface area contributed by atoms with Gasteiger partial charge in [-0.05, 0) is 37.8 Å². The molecule has 5 heteroatoms. The third kappa shape index (κ3) is 5.48. The molecule has 0 spiro atoms. The van der Waals surface area contributed by atoms with Crippen LogP contribution in [0.5, 0.6) is 0 Å². The summed E-state index contributed by atoms with van der Waals surface area (Å²) in [6, 6.07) is 12.6. The zero-order chi connectivity index (χ0) is 18.0. The van der Waals surface area contributed by atoms with E-state index in [-0.39, 0.29) is 0 Å². The van der Waals surface area contributed by atoms with Gasteiger partial charge < -0.3 is 10.2 Å². The molecule has 1 fully saturated rings. The quantitative estimate of drug-likeness (QED) is 0.493. The van der Waals surface area contributed by atoms with E-state index in [9.17, 15) is 0 Å². The van der Waals surface area contributed by atoms with Crippen molar-refractivity contribution < 1.29 is 0 Å². The van der Waals surface area contributed by atoms with Crippen LogP contribution in [0.15, 0.2) is 59.4 Å². The second kappa shape index (κ2) is 9.80. The number of piperidine rings is 1. The van der Waals surface area contributed by atoms with Crippen molar-refractivity contribution in [3.8, 4) is 0 Å². The van der Waals surface area contributed by atoms with E-state index >= 15 is 0 Å². The smallest absolute Gasteiger partial charge is 0.193 e. The van der Waals surface area contributed by atoms with Gasteiger partial charge >= 0.3 is 0 Å². The van der Waals surface area contributed by atoms with Gasteiger partial charge in [0.2, 0.25) is 0 Å². The molecule has 2 heterocycles. The summed E-state index contributed by atoms with van der Waals surface area (Å²) in [7, 11) is 0. The zero-order valence-corrected chi connectivity index (χ0v) is 15.6. The molecule has 0 saturated carbocycles. The summed E-state index contributed by atoms with van der Waals surface area (Å²) in [5, 5.41) is 7.68. The Morgan fingerprint density at radius 2 is 2.00 bits per heavy atom. The Balaban J connectivity index is 1.50. The first kappa shape index (κ1) is 18.2. The molecule has 0 aliphatic carbocycles. The first-order valence-corrected chi connectivity index (χ1v) is 9.60. The molecule has 0 atom stereocenters. The van der Waals surface area contributed by atoms with Crippen LogP contribution in [0.3, 0.4) is 0 Å². The molecule has 1 aliphatic rings. The lowest BCUT2D eigenvalue weighted by Crippen LogP contribution is -2.44. The predicted octanol–water partition coefficient (Wildman–Crippen LogP) is 3.42. The fourth-order valence-electron chi connectivity index (χ4n) is 3.21. The van der Waals surface area contributed by atoms with Gasteiger partial charge in [-0.1, -0.05) is 42.0 Å². The van der Waals surface area contributed by atoms with E-state index in [1.165, 1.54) is 11.1 Å². The summed E-state index contributed by atoms with van der Waals surface area (Å²) < 4.78 is 1.96. The fraction of sp³-hybridized carbons (Fsp3) is 0.429. The monoisotopic (exact) mass is 351 g/mol. The molecule has 1 aliphatic heterocycles. The Labute approximate surface area is 156 Å². The standard InChI is InChI=1S/C21H29N5/c1-2-22-21(23-12-6-14-26-15-7-13-24-26)25-16-10-20(11-17-25)18-19-8-4-3-5-9-19/h3-5,7-9,13,15,18H,2,6,10-12,14,16-17H2,1H3,(H,22,23). The molecule has 1 saturated heterocycles. The van der Waals surface area contributed by atoms with Gasteiger partial charge in [0.1, 0.15) is 0 Å². The number of hydrogen-bond acceptors (Lipinski definition) is 2. The topological polar surface area (TPSA) is 45.5 Å². The molecule has 0 amide bonds. The van der Waals surface area contributed by atoms with E-state index in [1.54, 1.807) is 0 Å². The van der Waals surface area contributed by atoms with Gasteiger partial charge in [-0.2, -0.15) is 5.10 Å². The summed E-state index contributed by atoms with van der Waals surface area (Å²) >= 11 is 0. The Kier molecular flexibility index (Phi) is 6.88. The van der Waals surface area contributed by atoms with Crippen molar-refractivity contribution in [3.63, 3.8) is 0 Å². The van der Waals surface area contributed by atoms with Crippen LogP contribution in [0, 0.1) is 0 Å². The van der Waals surface area contributed by atoms with Gasteiger partial charge in [-0.25, -0.2) is 0 Å². The number of benzene rings is 1. The van der Waals surface area contributed by atoms with Crippen molar-refractivity contribution in [2.45, 2.75) is 32.7 Å². The Morgan fingerprint density at radius 3 is 2.69 bits per heavy atom. The number of nitrogens with one attached hydrogen (secondary N) is 1. The maximum atomic E-state index is 4.82. The maximum Gasteiger partial charge on any atom is 0.193 e. The molecular weight excluding hydrogens is 322 g/mol. The number of hydrogen-bond donors (Lipinski definition) is 1. The molecule has 1 N–H and O–H groups in total. The van der Waals surface area contributed by atoms with Gasteiger partial charge in [-0.15, -0.1) is 0 Å². The molecule has 26 heavy (non-hydrogen) atoms. The highest BCUT2D eigenvalue weighted by molar-refractivity contribution is 5.80. The average molecular weight is 351 g/mol. The van der Waals surface area contributed by atoms with E-state index in [2.05, 4.69) is 58.6 Å². The average Bonchev–Trinajstić information content (AvgIpc) is 3.19. The lowest BCUT2D eigenvalue weighted by Gasteiger charge is -2.31. The minimum Gasteiger partial charge on any atom is -0.357 e. The number of rotatable bonds is 6. The first-order chi connectivity index (χ1) is 12.8. The SMILES string of the molecule is CCNC(=NCCCn1cccn1)N1CCC(=Cc2ccccc2)CC1. The van der Waals surface area contributed by atoms with Crippen LogP contribution in [-0.4, -0.2) is 46.8 Å². The summed E-state index contributed by atoms with van der Waals surface area (Å²) in [4.78, 5) is 7.21. The second-order valence-corrected chi connectivity index (χ2v) is 6.56. The van der Waals surface area contributed by atoms with Crippen molar-refractivity contribution in [1.82, 2.24) is 20.0 Å². The van der Waals surface area contributed by atoms with E-state index in [1.807, 2.05) is 23.1 Å². The molecule has 0 bridgehead atoms. The molecule has 1 aromatic carbocycles. The van der Waals surface area contributed by atoms with Crippen LogP contribution >= 0.6 is 0 Å². The highest BCUT2D eigenvalue weighted by Gasteiger charge is 2.17. The number of likely N-dealkylation sites (tertiary alicyclic amines) is 1. The van der Waals surface area contributed by atoms with Crippen LogP contribution < -0.4 is 5.32 Å². The number of aryl methyl sites for hydroxylation is 1. The molecule has 0 unspecified atom stereocenters. The Morgan fingerprint density at radius 1 is 1.19 bits per heavy atom. The second-order valence-electron chi connectivity index (χ2n) is 6.56. The van der Waals surface area contributed by atoms with Gasteiger partial charge in [0, 0.05) is 45.1 Å². The van der Waals surface area contributed by atoms with Crippen molar-refractivity contribution in [2.75, 3.05) is 26.2 Å². The summed E-state index contributed by atoms with van der Waals surface area (Å²) in [6.07, 6.45) is 9.37. The van der Waals surface area contributed by atoms with Crippen LogP contribution in [0.4, 0.5) is 0 Å². The van der Waals surface area contributed by atoms with Gasteiger partial charge in [0.25, 0.3) is 0 Å². The molecular formula is C21H29N5. The highest BCUT2D eigenvalue weighted by Crippen LogP contribution is 2.19. The molecule has 5 nitrogen and oxygen atoms in total. The summed E-state index contributed by atoms with van der Waals surface area (Å²) in [6.45, 7) is 6.84. The maximum absolute atomic E-state index is 4.82. The van der Waals surface area contributed by atoms with Gasteiger partial charge in [-0.3, -0.25) is 9.67 Å². The summed E-state index contributed by atoms with van der Waals surface area (Å²) in [5.41, 5.74) is 2.83. The zero-order valence-electron chi connectivity index (χ0n) is 15.6. The molecule has 3 rings (SSSR count). The van der Waals surface area contributed by atoms with Crippen LogP contribution in [-0.2, 0) is 6.54 Å². The van der Waals surface area contributed by atoms with E-state index in [0.29, 0.717) is 0 Å². The van der Waals surface area contributed by atoms with Crippen LogP contribution in [0.25, 0.3) is 6.08 Å². The number of aromatic nitrogens is 2. The van der Waals surface area contributed by atoms with Crippen molar-refractivity contribution in [3.05, 3.63) is 59.9 Å². The molecule has 1 aromatic heterocycles. The molecule has 2 aromatic rings. The Bertz CT molecular complexity index is 693. The lowest BCUT2D eigenvalue weighted by atomic mass is 10.0. The Hall–Kier alpha value is -2.56. The van der Waals surface area contributed by atoms with Crippen molar-refractivity contribution >= 4 is 12.0 Å². The van der Waals surface area contributed by atoms with Gasteiger partial charge in [0.05, 0.1) is 0 Å². The third-order valence-corrected chi connectivity index (χ3v) is 4.58. The minimum atomic E-state index is 0.825. The predicted molar refractivity (Wildman–Crippen MR) is 108 cm³/mol. The minimum absolute atomic E-state index is 0.825. The molecule has 0 radical (unpaired) electrons. The molecule has 138 valence electrons. The summed E-state index contributed by atoms with van der Waals surface area (Å²) in [5.74, 6) is 1.05. The van der Waals surface area contributed by atoms with Crippen molar-refractivity contribution in [1.29, 1.82) is 0 Å². The first-order valence-electron chi connectivity index (χ1n) is 9.60. The number of nitrogens with zero attached hydrogens (tertiary/aromatic N) is 4. The van der Waals surface area contributed by atoms with E-state index < -0.39 is 0 Å². The number of aliphatic imine (C=N–C) groups is 1. The third-order valence-electron chi connectivity index (χ3n) is 4.58. The van der Waals surface area contributed by atoms with Gasteiger partial charge in [0.15, 0.2) is 5.96 Å². The number of guanidine groups is 1. The van der Waals surface area contributed by atoms with Crippen LogP contribution in [0.1, 0.15) is 31.7 Å². The fourth-order valence-corrected chi connectivity index (χ4v) is 3.21. The normalized spacial score (nSPS) is 15.2. The van der Waals surface area contributed by atoms with Crippen molar-refractivity contribution in [2.24, 2.45) is 4.99 Å². The van der Waals surface area contributed by atoms with E-state index in [4.69, 9.17) is 4.99 Å². The van der Waals surface area contributed by atoms with Crippen LogP contribution in [0.2, 0.25) is 0 Å². The lowest BCUT2D eigenvalue weighted by molar-refractivity contribution is 0.375.